The largest absolute Gasteiger partial charge is 0.480 e. The zero-order valence-corrected chi connectivity index (χ0v) is 35.7. The number of carbonyl (C=O) groups is 2. The van der Waals surface area contributed by atoms with Gasteiger partial charge in [-0.2, -0.15) is 0 Å². The Morgan fingerprint density at radius 1 is 0.600 bits per heavy atom. The first-order valence-electron chi connectivity index (χ1n) is 21.7. The van der Waals surface area contributed by atoms with Gasteiger partial charge in [0.2, 0.25) is 0 Å². The standard InChI is InChI=1S/C44H80NO9P/c1-3-5-7-9-11-13-15-17-19-21-22-24-26-28-30-32-34-36-43(46)54-41(39-52-55(49,50)53-40-42(45)44(47)48)38-51-37-35-33-31-29-27-25-23-20-18-16-14-12-10-8-6-4-2/h5,7,11,13,17-20,41-42H,3-4,6,8-10,12,14-16,21-40,45H2,1-2H3,(H,47,48)(H,49,50)/b7-5-,13-11-,19-17-,20-18-. The number of phosphoric acid groups is 1. The highest BCUT2D eigenvalue weighted by atomic mass is 31.2. The molecule has 0 aromatic rings. The molecule has 11 heteroatoms. The van der Waals surface area contributed by atoms with E-state index in [4.69, 9.17) is 29.4 Å². The first kappa shape index (κ1) is 52.9. The Kier molecular flexibility index (Phi) is 38.6. The number of nitrogens with two attached hydrogens (primary N) is 1. The summed E-state index contributed by atoms with van der Waals surface area (Å²) in [6.07, 6.45) is 45.8. The number of unbranched alkanes of at least 4 members (excludes halogenated alkanes) is 19. The fourth-order valence-electron chi connectivity index (χ4n) is 5.73. The predicted octanol–water partition coefficient (Wildman–Crippen LogP) is 11.9. The molecule has 0 amide bonds. The van der Waals surface area contributed by atoms with Crippen molar-refractivity contribution < 1.29 is 42.7 Å². The van der Waals surface area contributed by atoms with E-state index in [-0.39, 0.29) is 13.0 Å². The minimum atomic E-state index is -4.62. The molecule has 0 rings (SSSR count). The molecule has 0 aliphatic heterocycles. The van der Waals surface area contributed by atoms with Crippen LogP contribution in [0, 0.1) is 0 Å². The van der Waals surface area contributed by atoms with E-state index in [1.165, 1.54) is 83.5 Å². The highest BCUT2D eigenvalue weighted by Gasteiger charge is 2.27. The topological polar surface area (TPSA) is 155 Å². The molecule has 0 aliphatic rings. The molecule has 0 radical (unpaired) electrons. The third kappa shape index (κ3) is 39.9. The van der Waals surface area contributed by atoms with E-state index < -0.39 is 45.1 Å². The molecular weight excluding hydrogens is 717 g/mol. The molecule has 55 heavy (non-hydrogen) atoms. The molecule has 0 aliphatic carbocycles. The third-order valence-corrected chi connectivity index (χ3v) is 10.0. The fraction of sp³-hybridized carbons (Fsp3) is 0.773. The van der Waals surface area contributed by atoms with Gasteiger partial charge >= 0.3 is 19.8 Å². The summed E-state index contributed by atoms with van der Waals surface area (Å²) in [4.78, 5) is 33.5. The Morgan fingerprint density at radius 2 is 1.05 bits per heavy atom. The number of hydrogen-bond donors (Lipinski definition) is 3. The number of esters is 1. The van der Waals surface area contributed by atoms with Crippen LogP contribution in [-0.2, 0) is 32.7 Å². The normalized spacial score (nSPS) is 14.4. The molecule has 0 bridgehead atoms. The van der Waals surface area contributed by atoms with Crippen LogP contribution in [-0.4, -0.2) is 60.5 Å². The average Bonchev–Trinajstić information content (AvgIpc) is 3.16. The van der Waals surface area contributed by atoms with Gasteiger partial charge in [0, 0.05) is 13.0 Å². The number of carboxylic acids is 1. The van der Waals surface area contributed by atoms with Crippen molar-refractivity contribution in [2.45, 2.75) is 193 Å². The zero-order valence-electron chi connectivity index (χ0n) is 34.8. The van der Waals surface area contributed by atoms with E-state index in [9.17, 15) is 19.0 Å². The lowest BCUT2D eigenvalue weighted by atomic mass is 10.1. The number of aliphatic carboxylic acids is 1. The molecule has 0 aromatic heterocycles. The Bertz CT molecular complexity index is 1060. The minimum absolute atomic E-state index is 0.00792. The molecule has 0 heterocycles. The Balaban J connectivity index is 4.27. The summed E-state index contributed by atoms with van der Waals surface area (Å²) >= 11 is 0. The summed E-state index contributed by atoms with van der Waals surface area (Å²) in [6.45, 7) is 3.74. The molecular formula is C44H80NO9P. The average molecular weight is 798 g/mol. The van der Waals surface area contributed by atoms with E-state index >= 15 is 0 Å². The predicted molar refractivity (Wildman–Crippen MR) is 226 cm³/mol. The summed E-state index contributed by atoms with van der Waals surface area (Å²) in [5.74, 6) is -1.79. The molecule has 3 atom stereocenters. The summed E-state index contributed by atoms with van der Waals surface area (Å²) in [7, 11) is -4.62. The monoisotopic (exact) mass is 798 g/mol. The lowest BCUT2D eigenvalue weighted by Gasteiger charge is -2.20. The van der Waals surface area contributed by atoms with Gasteiger partial charge in [0.05, 0.1) is 19.8 Å². The first-order chi connectivity index (χ1) is 26.7. The van der Waals surface area contributed by atoms with Gasteiger partial charge in [0.25, 0.3) is 0 Å². The number of hydrogen-bond acceptors (Lipinski definition) is 8. The second kappa shape index (κ2) is 40.1. The number of phosphoric ester groups is 1. The maximum Gasteiger partial charge on any atom is 0.472 e. The fourth-order valence-corrected chi connectivity index (χ4v) is 6.51. The Labute approximate surface area is 335 Å². The number of carboxylic acid groups (broad SMARTS) is 1. The molecule has 10 nitrogen and oxygen atoms in total. The molecule has 320 valence electrons. The van der Waals surface area contributed by atoms with Crippen molar-refractivity contribution in [2.24, 2.45) is 5.73 Å². The van der Waals surface area contributed by atoms with Crippen molar-refractivity contribution in [2.75, 3.05) is 26.4 Å². The van der Waals surface area contributed by atoms with Crippen molar-refractivity contribution in [3.05, 3.63) is 48.6 Å². The Morgan fingerprint density at radius 3 is 1.60 bits per heavy atom. The van der Waals surface area contributed by atoms with Gasteiger partial charge < -0.3 is 25.2 Å². The van der Waals surface area contributed by atoms with Gasteiger partial charge in [-0.05, 0) is 70.6 Å². The van der Waals surface area contributed by atoms with Crippen LogP contribution in [0.1, 0.15) is 181 Å². The van der Waals surface area contributed by atoms with Gasteiger partial charge in [-0.25, -0.2) is 4.57 Å². The van der Waals surface area contributed by atoms with Gasteiger partial charge in [-0.3, -0.25) is 18.6 Å². The van der Waals surface area contributed by atoms with Crippen molar-refractivity contribution in [1.82, 2.24) is 0 Å². The van der Waals surface area contributed by atoms with E-state index in [1.807, 2.05) is 0 Å². The maximum atomic E-state index is 12.6. The van der Waals surface area contributed by atoms with Gasteiger partial charge in [0.15, 0.2) is 0 Å². The van der Waals surface area contributed by atoms with E-state index in [1.54, 1.807) is 0 Å². The summed E-state index contributed by atoms with van der Waals surface area (Å²) in [5, 5.41) is 8.89. The van der Waals surface area contributed by atoms with E-state index in [0.717, 1.165) is 70.6 Å². The second-order valence-electron chi connectivity index (χ2n) is 14.4. The lowest BCUT2D eigenvalue weighted by molar-refractivity contribution is -0.154. The number of rotatable bonds is 41. The van der Waals surface area contributed by atoms with Crippen molar-refractivity contribution >= 4 is 19.8 Å². The molecule has 4 N–H and O–H groups in total. The summed E-state index contributed by atoms with van der Waals surface area (Å²) in [5.41, 5.74) is 5.35. The highest BCUT2D eigenvalue weighted by Crippen LogP contribution is 2.43. The van der Waals surface area contributed by atoms with Crippen LogP contribution < -0.4 is 5.73 Å². The smallest absolute Gasteiger partial charge is 0.472 e. The van der Waals surface area contributed by atoms with Crippen LogP contribution in [0.15, 0.2) is 48.6 Å². The minimum Gasteiger partial charge on any atom is -0.480 e. The molecule has 0 spiro atoms. The number of allylic oxidation sites excluding steroid dienone is 8. The molecule has 0 saturated carbocycles. The number of ether oxygens (including phenoxy) is 2. The summed E-state index contributed by atoms with van der Waals surface area (Å²) in [6, 6.07) is -1.48. The molecule has 0 fully saturated rings. The second-order valence-corrected chi connectivity index (χ2v) is 15.9. The van der Waals surface area contributed by atoms with Crippen LogP contribution in [0.4, 0.5) is 0 Å². The Hall–Kier alpha value is -2.07. The molecule has 0 aromatic carbocycles. The van der Waals surface area contributed by atoms with E-state index in [2.05, 4.69) is 62.5 Å². The van der Waals surface area contributed by atoms with Crippen molar-refractivity contribution in [1.29, 1.82) is 0 Å². The first-order valence-corrected chi connectivity index (χ1v) is 23.2. The van der Waals surface area contributed by atoms with Crippen LogP contribution in [0.5, 0.6) is 0 Å². The summed E-state index contributed by atoms with van der Waals surface area (Å²) < 4.78 is 33.3. The van der Waals surface area contributed by atoms with Gasteiger partial charge in [-0.1, -0.05) is 152 Å². The maximum absolute atomic E-state index is 12.6. The molecule has 3 unspecified atom stereocenters. The van der Waals surface area contributed by atoms with Crippen LogP contribution >= 0.6 is 7.82 Å². The zero-order chi connectivity index (χ0) is 40.5. The van der Waals surface area contributed by atoms with Crippen LogP contribution in [0.3, 0.4) is 0 Å². The van der Waals surface area contributed by atoms with Crippen LogP contribution in [0.25, 0.3) is 0 Å². The third-order valence-electron chi connectivity index (χ3n) is 9.09. The lowest BCUT2D eigenvalue weighted by Crippen LogP contribution is -2.34. The van der Waals surface area contributed by atoms with Crippen molar-refractivity contribution in [3.8, 4) is 0 Å². The van der Waals surface area contributed by atoms with Crippen LogP contribution in [0.2, 0.25) is 0 Å². The van der Waals surface area contributed by atoms with Gasteiger partial charge in [0.1, 0.15) is 12.1 Å². The molecule has 0 saturated heterocycles. The van der Waals surface area contributed by atoms with Gasteiger partial charge in [-0.15, -0.1) is 0 Å². The number of carbonyl (C=O) groups excluding carboxylic acids is 1. The van der Waals surface area contributed by atoms with Crippen molar-refractivity contribution in [3.63, 3.8) is 0 Å². The van der Waals surface area contributed by atoms with E-state index in [0.29, 0.717) is 13.0 Å². The SMILES string of the molecule is CC/C=C\C/C=C\C/C=C\CCCCCCCCCC(=O)OC(COCCCCCCCC/C=C\CCCCCCCC)COP(=O)(O)OCC(N)C(=O)O. The quantitative estimate of drug-likeness (QED) is 0.0236. The highest BCUT2D eigenvalue weighted by molar-refractivity contribution is 7.47.